The van der Waals surface area contributed by atoms with E-state index in [4.69, 9.17) is 9.90 Å². The number of anilines is 1. The van der Waals surface area contributed by atoms with Gasteiger partial charge in [-0.15, -0.1) is 21.5 Å². The minimum atomic E-state index is -0.982. The topological polar surface area (TPSA) is 111 Å². The first-order valence-corrected chi connectivity index (χ1v) is 11.3. The van der Waals surface area contributed by atoms with Gasteiger partial charge in [0.2, 0.25) is 0 Å². The molecular weight excluding hydrogens is 433 g/mol. The van der Waals surface area contributed by atoms with Gasteiger partial charge in [0.25, 0.3) is 6.47 Å². The standard InChI is InChI=1S/C21H24FN5OS.CH2O2/c1-11-24-15-10-17(28)13(9-18(15)29-11)14-8-12-5-7-27(20(12)26-25-14)16-4-6-23-21(2,3)19(16)22;2-1-3/h8-10,16,19,23,28H,4-7H2,1-3H3;1H,(H,2,3)/t16-,19-;/m1./s1. The van der Waals surface area contributed by atoms with Crippen molar-refractivity contribution >= 4 is 33.8 Å². The van der Waals surface area contributed by atoms with Gasteiger partial charge >= 0.3 is 0 Å². The van der Waals surface area contributed by atoms with E-state index in [0.29, 0.717) is 11.3 Å². The number of halogens is 1. The first kappa shape index (κ1) is 22.3. The predicted octanol–water partition coefficient (Wildman–Crippen LogP) is 3.31. The number of hydrogen-bond donors (Lipinski definition) is 3. The molecule has 0 spiro atoms. The van der Waals surface area contributed by atoms with Gasteiger partial charge in [-0.05, 0) is 52.3 Å². The summed E-state index contributed by atoms with van der Waals surface area (Å²) in [5.74, 6) is 0.920. The van der Waals surface area contributed by atoms with Crippen LogP contribution in [0.2, 0.25) is 0 Å². The van der Waals surface area contributed by atoms with Crippen LogP contribution in [0.4, 0.5) is 10.2 Å². The fourth-order valence-corrected chi connectivity index (χ4v) is 5.36. The summed E-state index contributed by atoms with van der Waals surface area (Å²) in [5.41, 5.74) is 2.59. The predicted molar refractivity (Wildman–Crippen MR) is 122 cm³/mol. The lowest BCUT2D eigenvalue weighted by Gasteiger charge is -2.44. The first-order valence-electron chi connectivity index (χ1n) is 10.5. The molecule has 1 saturated heterocycles. The number of rotatable bonds is 2. The summed E-state index contributed by atoms with van der Waals surface area (Å²) in [5, 5.41) is 30.5. The Balaban J connectivity index is 0.000000775. The van der Waals surface area contributed by atoms with Crippen LogP contribution in [0.25, 0.3) is 21.5 Å². The molecule has 2 aliphatic heterocycles. The Kier molecular flexibility index (Phi) is 6.00. The molecule has 3 aromatic rings. The molecule has 8 nitrogen and oxygen atoms in total. The van der Waals surface area contributed by atoms with Gasteiger partial charge in [-0.2, -0.15) is 0 Å². The van der Waals surface area contributed by atoms with Gasteiger partial charge in [0, 0.05) is 29.3 Å². The number of alkyl halides is 1. The van der Waals surface area contributed by atoms with Crippen molar-refractivity contribution < 1.29 is 19.4 Å². The molecule has 0 saturated carbocycles. The van der Waals surface area contributed by atoms with Crippen LogP contribution in [-0.4, -0.2) is 62.7 Å². The van der Waals surface area contributed by atoms with Crippen molar-refractivity contribution in [3.05, 3.63) is 28.8 Å². The number of fused-ring (bicyclic) bond motifs is 2. The second-order valence-electron chi connectivity index (χ2n) is 8.60. The minimum absolute atomic E-state index is 0.149. The van der Waals surface area contributed by atoms with Gasteiger partial charge in [-0.3, -0.25) is 4.79 Å². The minimum Gasteiger partial charge on any atom is -0.507 e. The van der Waals surface area contributed by atoms with Crippen molar-refractivity contribution in [1.29, 1.82) is 0 Å². The number of phenols is 1. The third-order valence-electron chi connectivity index (χ3n) is 6.08. The van der Waals surface area contributed by atoms with Crippen LogP contribution in [0.5, 0.6) is 5.75 Å². The monoisotopic (exact) mass is 459 g/mol. The number of nitrogens with zero attached hydrogens (tertiary/aromatic N) is 4. The van der Waals surface area contributed by atoms with E-state index in [-0.39, 0.29) is 18.3 Å². The molecule has 2 aromatic heterocycles. The summed E-state index contributed by atoms with van der Waals surface area (Å²) in [4.78, 5) is 14.9. The highest BCUT2D eigenvalue weighted by Crippen LogP contribution is 2.38. The molecule has 4 heterocycles. The molecule has 170 valence electrons. The number of aromatic nitrogens is 3. The molecule has 0 aliphatic carbocycles. The van der Waals surface area contributed by atoms with E-state index in [0.717, 1.165) is 52.5 Å². The second kappa shape index (κ2) is 8.59. The second-order valence-corrected chi connectivity index (χ2v) is 9.84. The highest BCUT2D eigenvalue weighted by molar-refractivity contribution is 7.18. The number of aryl methyl sites for hydroxylation is 1. The highest BCUT2D eigenvalue weighted by atomic mass is 32.1. The smallest absolute Gasteiger partial charge is 0.290 e. The summed E-state index contributed by atoms with van der Waals surface area (Å²) in [6.45, 7) is 7.06. The van der Waals surface area contributed by atoms with E-state index in [1.165, 1.54) is 0 Å². The summed E-state index contributed by atoms with van der Waals surface area (Å²) < 4.78 is 16.1. The fraction of sp³-hybridized carbons (Fsp3) is 0.455. The molecule has 32 heavy (non-hydrogen) atoms. The third-order valence-corrected chi connectivity index (χ3v) is 7.02. The number of carbonyl (C=O) groups is 1. The molecule has 10 heteroatoms. The van der Waals surface area contributed by atoms with Gasteiger partial charge in [-0.1, -0.05) is 0 Å². The van der Waals surface area contributed by atoms with Crippen LogP contribution in [0.3, 0.4) is 0 Å². The molecule has 3 N–H and O–H groups in total. The maximum Gasteiger partial charge on any atom is 0.290 e. The molecule has 0 amide bonds. The van der Waals surface area contributed by atoms with Gasteiger partial charge in [0.05, 0.1) is 27.0 Å². The van der Waals surface area contributed by atoms with E-state index in [1.54, 1.807) is 17.4 Å². The van der Waals surface area contributed by atoms with Gasteiger partial charge in [-0.25, -0.2) is 9.37 Å². The highest BCUT2D eigenvalue weighted by Gasteiger charge is 2.44. The summed E-state index contributed by atoms with van der Waals surface area (Å²) in [6.07, 6.45) is 0.567. The lowest BCUT2D eigenvalue weighted by Crippen LogP contribution is -2.62. The van der Waals surface area contributed by atoms with Crippen molar-refractivity contribution in [2.75, 3.05) is 18.0 Å². The zero-order valence-electron chi connectivity index (χ0n) is 18.2. The van der Waals surface area contributed by atoms with Crippen LogP contribution in [0.1, 0.15) is 30.8 Å². The van der Waals surface area contributed by atoms with E-state index >= 15 is 4.39 Å². The lowest BCUT2D eigenvalue weighted by molar-refractivity contribution is -0.122. The number of aromatic hydroxyl groups is 1. The van der Waals surface area contributed by atoms with E-state index < -0.39 is 11.7 Å². The normalized spacial score (nSPS) is 21.7. The fourth-order valence-electron chi connectivity index (χ4n) is 4.52. The molecule has 2 aliphatic rings. The third kappa shape index (κ3) is 4.00. The lowest BCUT2D eigenvalue weighted by atomic mass is 9.86. The SMILES string of the molecule is Cc1nc2cc(O)c(-c3cc4c(nn3)N([C@@H]3CCNC(C)(C)[C@@H]3F)CC4)cc2s1.O=CO. The van der Waals surface area contributed by atoms with Crippen LogP contribution >= 0.6 is 11.3 Å². The van der Waals surface area contributed by atoms with E-state index in [2.05, 4.69) is 25.4 Å². The Morgan fingerprint density at radius 2 is 2.06 bits per heavy atom. The largest absolute Gasteiger partial charge is 0.507 e. The first-order chi connectivity index (χ1) is 15.2. The summed E-state index contributed by atoms with van der Waals surface area (Å²) >= 11 is 1.59. The molecule has 1 aromatic carbocycles. The number of benzene rings is 1. The van der Waals surface area contributed by atoms with Gasteiger partial charge in [0.1, 0.15) is 11.9 Å². The molecule has 0 bridgehead atoms. The Hall–Kier alpha value is -2.85. The molecule has 1 fully saturated rings. The maximum absolute atomic E-state index is 15.1. The Morgan fingerprint density at radius 1 is 1.31 bits per heavy atom. The zero-order valence-corrected chi connectivity index (χ0v) is 19.0. The number of hydrogen-bond acceptors (Lipinski definition) is 8. The van der Waals surface area contributed by atoms with Crippen LogP contribution < -0.4 is 10.2 Å². The van der Waals surface area contributed by atoms with Crippen molar-refractivity contribution in [2.45, 2.75) is 51.4 Å². The van der Waals surface area contributed by atoms with Crippen molar-refractivity contribution in [1.82, 2.24) is 20.5 Å². The number of phenolic OH excluding ortho intramolecular Hbond substituents is 1. The number of thiazole rings is 1. The van der Waals surface area contributed by atoms with Crippen molar-refractivity contribution in [3.8, 4) is 17.0 Å². The maximum atomic E-state index is 15.1. The molecule has 0 radical (unpaired) electrons. The summed E-state index contributed by atoms with van der Waals surface area (Å²) in [6, 6.07) is 5.39. The number of piperidine rings is 1. The Labute approximate surface area is 189 Å². The molecule has 0 unspecified atom stereocenters. The van der Waals surface area contributed by atoms with E-state index in [1.807, 2.05) is 32.9 Å². The average Bonchev–Trinajstić information content (AvgIpc) is 3.31. The molecule has 2 atom stereocenters. The van der Waals surface area contributed by atoms with Gasteiger partial charge in [0.15, 0.2) is 5.82 Å². The number of carboxylic acid groups (broad SMARTS) is 1. The van der Waals surface area contributed by atoms with Crippen LogP contribution in [-0.2, 0) is 11.2 Å². The van der Waals surface area contributed by atoms with E-state index in [9.17, 15) is 5.11 Å². The quantitative estimate of drug-likeness (QED) is 0.501. The Bertz CT molecular complexity index is 1150. The van der Waals surface area contributed by atoms with Crippen LogP contribution in [0.15, 0.2) is 18.2 Å². The van der Waals surface area contributed by atoms with Crippen LogP contribution in [0, 0.1) is 6.92 Å². The van der Waals surface area contributed by atoms with Crippen molar-refractivity contribution in [3.63, 3.8) is 0 Å². The zero-order chi connectivity index (χ0) is 23.0. The van der Waals surface area contributed by atoms with Crippen molar-refractivity contribution in [2.24, 2.45) is 0 Å². The average molecular weight is 460 g/mol. The molecular formula is C22H26FN5O3S. The number of nitrogens with one attached hydrogen (secondary N) is 1. The Morgan fingerprint density at radius 3 is 2.81 bits per heavy atom. The van der Waals surface area contributed by atoms with Gasteiger partial charge < -0.3 is 20.4 Å². The summed E-state index contributed by atoms with van der Waals surface area (Å²) in [7, 11) is 0. The molecule has 5 rings (SSSR count).